The maximum atomic E-state index is 13.4. The summed E-state index contributed by atoms with van der Waals surface area (Å²) in [7, 11) is 1.48. The first kappa shape index (κ1) is 24.0. The molecule has 0 N–H and O–H groups in total. The van der Waals surface area contributed by atoms with Crippen molar-refractivity contribution in [3.8, 4) is 23.1 Å². The summed E-state index contributed by atoms with van der Waals surface area (Å²) in [5.41, 5.74) is 1.38. The van der Waals surface area contributed by atoms with Crippen LogP contribution in [0.4, 0.5) is 0 Å². The minimum atomic E-state index is -0.460. The largest absolute Gasteiger partial charge is 0.493 e. The monoisotopic (exact) mass is 613 g/mol. The van der Waals surface area contributed by atoms with Gasteiger partial charge in [0.2, 0.25) is 5.82 Å². The van der Waals surface area contributed by atoms with Gasteiger partial charge in [-0.05, 0) is 76.7 Å². The maximum absolute atomic E-state index is 13.4. The molecular weight excluding hydrogens is 597 g/mol. The molecule has 0 aliphatic carbocycles. The molecule has 0 fully saturated rings. The normalized spacial score (nSPS) is 11.4. The smallest absolute Gasteiger partial charge is 0.308 e. The Morgan fingerprint density at radius 1 is 1.17 bits per heavy atom. The van der Waals surface area contributed by atoms with E-state index in [-0.39, 0.29) is 11.4 Å². The number of para-hydroxylation sites is 1. The van der Waals surface area contributed by atoms with Crippen molar-refractivity contribution in [1.29, 1.82) is 0 Å². The highest BCUT2D eigenvalue weighted by atomic mass is 127. The molecule has 5 rings (SSSR count). The number of hydrogen-bond acceptors (Lipinski definition) is 7. The molecule has 0 atom stereocenters. The zero-order valence-corrected chi connectivity index (χ0v) is 21.9. The minimum absolute atomic E-state index is 0.237. The summed E-state index contributed by atoms with van der Waals surface area (Å²) in [6.45, 7) is 1.32. The summed E-state index contributed by atoms with van der Waals surface area (Å²) in [6.07, 6.45) is 1.50. The molecule has 0 aliphatic heterocycles. The van der Waals surface area contributed by atoms with Crippen molar-refractivity contribution in [3.63, 3.8) is 0 Å². The Balaban J connectivity index is 1.67. The van der Waals surface area contributed by atoms with Crippen molar-refractivity contribution >= 4 is 68.2 Å². The lowest BCUT2D eigenvalue weighted by atomic mass is 10.2. The summed E-state index contributed by atoms with van der Waals surface area (Å²) in [5, 5.41) is 6.21. The van der Waals surface area contributed by atoms with E-state index in [1.54, 1.807) is 54.6 Å². The van der Waals surface area contributed by atoms with Gasteiger partial charge in [-0.2, -0.15) is 9.78 Å². The summed E-state index contributed by atoms with van der Waals surface area (Å²) in [4.78, 5) is 29.6. The number of fused-ring (bicyclic) bond motifs is 2. The van der Waals surface area contributed by atoms with Crippen molar-refractivity contribution < 1.29 is 18.7 Å². The SMILES string of the molecule is COc1cc(C=Nn2c(-c3cc4cc(Cl)ccc4o3)nc3ccccc3c2=O)cc(I)c1OC(C)=O. The highest BCUT2D eigenvalue weighted by Gasteiger charge is 2.17. The second-order valence-corrected chi connectivity index (χ2v) is 9.33. The number of halogens is 2. The Morgan fingerprint density at radius 3 is 2.75 bits per heavy atom. The number of esters is 1. The fourth-order valence-corrected chi connectivity index (χ4v) is 4.61. The molecule has 0 amide bonds. The molecule has 36 heavy (non-hydrogen) atoms. The van der Waals surface area contributed by atoms with Crippen LogP contribution in [0.2, 0.25) is 5.02 Å². The van der Waals surface area contributed by atoms with E-state index in [9.17, 15) is 9.59 Å². The van der Waals surface area contributed by atoms with Crippen LogP contribution >= 0.6 is 34.2 Å². The lowest BCUT2D eigenvalue weighted by molar-refractivity contribution is -0.132. The number of rotatable bonds is 5. The van der Waals surface area contributed by atoms with Crippen molar-refractivity contribution in [2.45, 2.75) is 6.92 Å². The van der Waals surface area contributed by atoms with E-state index in [1.807, 2.05) is 28.7 Å². The summed E-state index contributed by atoms with van der Waals surface area (Å²) in [6, 6.07) is 17.5. The van der Waals surface area contributed by atoms with Gasteiger partial charge < -0.3 is 13.9 Å². The molecule has 0 spiro atoms. The Hall–Kier alpha value is -3.70. The number of hydrogen-bond donors (Lipinski definition) is 0. The number of methoxy groups -OCH3 is 1. The number of carbonyl (C=O) groups is 1. The van der Waals surface area contributed by atoms with Crippen LogP contribution in [0.15, 0.2) is 75.0 Å². The lowest BCUT2D eigenvalue weighted by Gasteiger charge is -2.11. The van der Waals surface area contributed by atoms with Crippen molar-refractivity contribution in [3.05, 3.63) is 85.2 Å². The van der Waals surface area contributed by atoms with Crippen molar-refractivity contribution in [2.75, 3.05) is 7.11 Å². The maximum Gasteiger partial charge on any atom is 0.308 e. The van der Waals surface area contributed by atoms with Crippen LogP contribution in [0, 0.1) is 3.57 Å². The molecule has 2 aromatic heterocycles. The molecule has 0 radical (unpaired) electrons. The van der Waals surface area contributed by atoms with Gasteiger partial charge in [-0.15, -0.1) is 0 Å². The van der Waals surface area contributed by atoms with Gasteiger partial charge in [0, 0.05) is 17.3 Å². The van der Waals surface area contributed by atoms with E-state index in [2.05, 4.69) is 10.1 Å². The molecule has 2 heterocycles. The third-order valence-electron chi connectivity index (χ3n) is 5.27. The van der Waals surface area contributed by atoms with Crippen LogP contribution in [0.3, 0.4) is 0 Å². The van der Waals surface area contributed by atoms with E-state index >= 15 is 0 Å². The first-order chi connectivity index (χ1) is 17.3. The molecule has 0 unspecified atom stereocenters. The number of benzene rings is 3. The molecule has 3 aromatic carbocycles. The average molecular weight is 614 g/mol. The van der Waals surface area contributed by atoms with Gasteiger partial charge in [-0.3, -0.25) is 9.59 Å². The lowest BCUT2D eigenvalue weighted by Crippen LogP contribution is -2.20. The zero-order chi connectivity index (χ0) is 25.4. The van der Waals surface area contributed by atoms with Crippen molar-refractivity contribution in [1.82, 2.24) is 9.66 Å². The van der Waals surface area contributed by atoms with E-state index < -0.39 is 5.97 Å². The van der Waals surface area contributed by atoms with Gasteiger partial charge in [-0.25, -0.2) is 4.98 Å². The van der Waals surface area contributed by atoms with E-state index in [1.165, 1.54) is 24.9 Å². The van der Waals surface area contributed by atoms with Crippen LogP contribution in [-0.4, -0.2) is 29.0 Å². The van der Waals surface area contributed by atoms with Crippen LogP contribution in [0.5, 0.6) is 11.5 Å². The highest BCUT2D eigenvalue weighted by molar-refractivity contribution is 14.1. The quantitative estimate of drug-likeness (QED) is 0.106. The molecule has 8 nitrogen and oxygen atoms in total. The van der Waals surface area contributed by atoms with Gasteiger partial charge in [0.05, 0.1) is 27.8 Å². The number of aromatic nitrogens is 2. The average Bonchev–Trinajstić information content (AvgIpc) is 3.27. The molecule has 0 aliphatic rings. The Bertz CT molecular complexity index is 1740. The van der Waals surface area contributed by atoms with Gasteiger partial charge in [0.15, 0.2) is 17.3 Å². The predicted octanol–water partition coefficient (Wildman–Crippen LogP) is 5.88. The van der Waals surface area contributed by atoms with E-state index in [0.29, 0.717) is 47.9 Å². The summed E-state index contributed by atoms with van der Waals surface area (Å²) in [5.74, 6) is 0.814. The molecule has 0 saturated heterocycles. The van der Waals surface area contributed by atoms with Gasteiger partial charge in [0.1, 0.15) is 5.58 Å². The zero-order valence-electron chi connectivity index (χ0n) is 19.0. The summed E-state index contributed by atoms with van der Waals surface area (Å²) >= 11 is 8.17. The van der Waals surface area contributed by atoms with Crippen LogP contribution in [-0.2, 0) is 4.79 Å². The van der Waals surface area contributed by atoms with Gasteiger partial charge >= 0.3 is 5.97 Å². The van der Waals surface area contributed by atoms with Crippen LogP contribution in [0.1, 0.15) is 12.5 Å². The van der Waals surface area contributed by atoms with Crippen LogP contribution in [0.25, 0.3) is 33.5 Å². The number of carbonyl (C=O) groups excluding carboxylic acids is 1. The molecule has 5 aromatic rings. The second-order valence-electron chi connectivity index (χ2n) is 7.73. The Labute approximate surface area is 223 Å². The standard InChI is InChI=1S/C26H17ClIN3O5/c1-14(32)35-24-19(28)9-15(10-22(24)34-2)13-29-31-25(30-20-6-4-3-5-18(20)26(31)33)23-12-16-11-17(27)7-8-21(16)36-23/h3-13H,1-2H3. The molecule has 10 heteroatoms. The number of nitrogens with zero attached hydrogens (tertiary/aromatic N) is 3. The molecule has 0 saturated carbocycles. The molecule has 0 bridgehead atoms. The first-order valence-corrected chi connectivity index (χ1v) is 12.1. The number of furan rings is 1. The Kier molecular flexibility index (Phi) is 6.50. The first-order valence-electron chi connectivity index (χ1n) is 10.7. The highest BCUT2D eigenvalue weighted by Crippen LogP contribution is 2.34. The Morgan fingerprint density at radius 2 is 1.97 bits per heavy atom. The number of ether oxygens (including phenoxy) is 2. The van der Waals surface area contributed by atoms with E-state index in [4.69, 9.17) is 25.5 Å². The van der Waals surface area contributed by atoms with Gasteiger partial charge in [-0.1, -0.05) is 23.7 Å². The second kappa shape index (κ2) is 9.75. The third kappa shape index (κ3) is 4.59. The van der Waals surface area contributed by atoms with E-state index in [0.717, 1.165) is 5.39 Å². The van der Waals surface area contributed by atoms with Gasteiger partial charge in [0.25, 0.3) is 5.56 Å². The summed E-state index contributed by atoms with van der Waals surface area (Å²) < 4.78 is 18.5. The molecular formula is C26H17ClIN3O5. The predicted molar refractivity (Wildman–Crippen MR) is 146 cm³/mol. The van der Waals surface area contributed by atoms with Crippen LogP contribution < -0.4 is 15.0 Å². The van der Waals surface area contributed by atoms with Crippen molar-refractivity contribution in [2.24, 2.45) is 5.10 Å². The topological polar surface area (TPSA) is 95.9 Å². The third-order valence-corrected chi connectivity index (χ3v) is 6.31. The molecule has 180 valence electrons. The minimum Gasteiger partial charge on any atom is -0.493 e. The fraction of sp³-hybridized carbons (Fsp3) is 0.0769. The fourth-order valence-electron chi connectivity index (χ4n) is 3.70.